The molecule has 0 spiro atoms. The number of aromatic nitrogens is 2. The van der Waals surface area contributed by atoms with E-state index in [2.05, 4.69) is 21.0 Å². The van der Waals surface area contributed by atoms with Crippen LogP contribution in [0, 0.1) is 6.92 Å². The Kier molecular flexibility index (Phi) is 4.66. The van der Waals surface area contributed by atoms with Crippen molar-refractivity contribution in [1.82, 2.24) is 9.78 Å². The summed E-state index contributed by atoms with van der Waals surface area (Å²) in [5.41, 5.74) is 3.44. The van der Waals surface area contributed by atoms with Crippen molar-refractivity contribution in [3.63, 3.8) is 0 Å². The Hall–Kier alpha value is -1.13. The predicted octanol–water partition coefficient (Wildman–Crippen LogP) is 4.13. The average Bonchev–Trinajstić information content (AvgIpc) is 2.66. The van der Waals surface area contributed by atoms with Crippen LogP contribution in [0.5, 0.6) is 0 Å². The third-order valence-electron chi connectivity index (χ3n) is 3.26. The molecule has 0 N–H and O–H groups in total. The summed E-state index contributed by atoms with van der Waals surface area (Å²) in [5.74, 6) is 0.00125. The van der Waals surface area contributed by atoms with Gasteiger partial charge < -0.3 is 0 Å². The fourth-order valence-corrected chi connectivity index (χ4v) is 3.20. The Labute approximate surface area is 132 Å². The molecule has 5 heteroatoms. The largest absolute Gasteiger partial charge is 0.294 e. The van der Waals surface area contributed by atoms with Crippen molar-refractivity contribution in [2.24, 2.45) is 7.05 Å². The molecular formula is C15H16BrClN2O. The maximum Gasteiger partial charge on any atom is 0.170 e. The number of benzene rings is 1. The van der Waals surface area contributed by atoms with E-state index in [0.29, 0.717) is 10.6 Å². The number of carbonyl (C=O) groups is 1. The van der Waals surface area contributed by atoms with E-state index in [4.69, 9.17) is 11.6 Å². The van der Waals surface area contributed by atoms with Crippen LogP contribution in [-0.2, 0) is 19.9 Å². The van der Waals surface area contributed by atoms with Gasteiger partial charge in [-0.3, -0.25) is 9.48 Å². The third-order valence-corrected chi connectivity index (χ3v) is 4.48. The monoisotopic (exact) mass is 354 g/mol. The SMILES string of the molecule is CCc1nn(C)c(CC(=O)c2ccc(C)cc2Cl)c1Br. The minimum absolute atomic E-state index is 0.00125. The summed E-state index contributed by atoms with van der Waals surface area (Å²) in [5, 5.41) is 4.90. The van der Waals surface area contributed by atoms with Crippen LogP contribution in [0.4, 0.5) is 0 Å². The van der Waals surface area contributed by atoms with Gasteiger partial charge in [-0.25, -0.2) is 0 Å². The number of hydrogen-bond donors (Lipinski definition) is 0. The molecule has 0 fully saturated rings. The Morgan fingerprint density at radius 2 is 2.15 bits per heavy atom. The number of Topliss-reactive ketones (excluding diaryl/α,β-unsaturated/α-hetero) is 1. The Bertz CT molecular complexity index is 664. The van der Waals surface area contributed by atoms with Crippen LogP contribution in [0.3, 0.4) is 0 Å². The minimum Gasteiger partial charge on any atom is -0.294 e. The van der Waals surface area contributed by atoms with Crippen LogP contribution in [-0.4, -0.2) is 15.6 Å². The summed E-state index contributed by atoms with van der Waals surface area (Å²) in [6.45, 7) is 3.99. The lowest BCUT2D eigenvalue weighted by Gasteiger charge is -2.06. The second-order valence-corrected chi connectivity index (χ2v) is 5.97. The number of nitrogens with zero attached hydrogens (tertiary/aromatic N) is 2. The van der Waals surface area contributed by atoms with Gasteiger partial charge in [0, 0.05) is 12.6 Å². The summed E-state index contributed by atoms with van der Waals surface area (Å²) in [7, 11) is 1.85. The Morgan fingerprint density at radius 3 is 2.70 bits per heavy atom. The van der Waals surface area contributed by atoms with Crippen LogP contribution < -0.4 is 0 Å². The maximum absolute atomic E-state index is 12.4. The summed E-state index contributed by atoms with van der Waals surface area (Å²) >= 11 is 9.67. The lowest BCUT2D eigenvalue weighted by atomic mass is 10.0. The van der Waals surface area contributed by atoms with E-state index in [1.54, 1.807) is 10.7 Å². The van der Waals surface area contributed by atoms with Crippen LogP contribution in [0.25, 0.3) is 0 Å². The first-order chi connectivity index (χ1) is 9.43. The summed E-state index contributed by atoms with van der Waals surface area (Å²) in [4.78, 5) is 12.4. The maximum atomic E-state index is 12.4. The summed E-state index contributed by atoms with van der Waals surface area (Å²) in [6.07, 6.45) is 1.11. The van der Waals surface area contributed by atoms with Crippen LogP contribution >= 0.6 is 27.5 Å². The quantitative estimate of drug-likeness (QED) is 0.773. The van der Waals surface area contributed by atoms with Crippen molar-refractivity contribution < 1.29 is 4.79 Å². The molecule has 0 bridgehead atoms. The van der Waals surface area contributed by atoms with Crippen molar-refractivity contribution in [1.29, 1.82) is 0 Å². The molecule has 0 atom stereocenters. The standard InChI is InChI=1S/C15H16BrClN2O/c1-4-12-15(16)13(19(3)18-12)8-14(20)10-6-5-9(2)7-11(10)17/h5-7H,4,8H2,1-3H3. The molecule has 1 aromatic carbocycles. The molecule has 1 aromatic heterocycles. The first-order valence-electron chi connectivity index (χ1n) is 6.43. The number of carbonyl (C=O) groups excluding carboxylic acids is 1. The molecule has 3 nitrogen and oxygen atoms in total. The average molecular weight is 356 g/mol. The van der Waals surface area contributed by atoms with E-state index in [1.807, 2.05) is 33.0 Å². The van der Waals surface area contributed by atoms with Crippen molar-refractivity contribution in [2.75, 3.05) is 0 Å². The van der Waals surface area contributed by atoms with Crippen LogP contribution in [0.1, 0.15) is 34.2 Å². The smallest absolute Gasteiger partial charge is 0.170 e. The van der Waals surface area contributed by atoms with Gasteiger partial charge >= 0.3 is 0 Å². The highest BCUT2D eigenvalue weighted by Gasteiger charge is 2.18. The third kappa shape index (κ3) is 2.96. The summed E-state index contributed by atoms with van der Waals surface area (Å²) in [6, 6.07) is 5.49. The minimum atomic E-state index is 0.00125. The number of hydrogen-bond acceptors (Lipinski definition) is 2. The molecule has 106 valence electrons. The highest BCUT2D eigenvalue weighted by molar-refractivity contribution is 9.10. The van der Waals surface area contributed by atoms with Gasteiger partial charge in [0.05, 0.1) is 27.3 Å². The van der Waals surface area contributed by atoms with Gasteiger partial charge in [0.1, 0.15) is 0 Å². The van der Waals surface area contributed by atoms with E-state index < -0.39 is 0 Å². The molecule has 0 unspecified atom stereocenters. The molecule has 0 radical (unpaired) electrons. The highest BCUT2D eigenvalue weighted by atomic mass is 79.9. The number of aryl methyl sites for hydroxylation is 3. The van der Waals surface area contributed by atoms with Gasteiger partial charge in [-0.15, -0.1) is 0 Å². The zero-order valence-corrected chi connectivity index (χ0v) is 14.0. The Balaban J connectivity index is 2.30. The van der Waals surface area contributed by atoms with Crippen molar-refractivity contribution in [2.45, 2.75) is 26.7 Å². The van der Waals surface area contributed by atoms with E-state index in [1.165, 1.54) is 0 Å². The molecule has 0 aliphatic rings. The zero-order valence-electron chi connectivity index (χ0n) is 11.7. The Morgan fingerprint density at radius 1 is 1.45 bits per heavy atom. The van der Waals surface area contributed by atoms with Gasteiger partial charge in [0.15, 0.2) is 5.78 Å². The lowest BCUT2D eigenvalue weighted by Crippen LogP contribution is -2.09. The molecule has 0 saturated heterocycles. The molecule has 0 saturated carbocycles. The van der Waals surface area contributed by atoms with Crippen molar-refractivity contribution in [3.8, 4) is 0 Å². The topological polar surface area (TPSA) is 34.9 Å². The molecule has 0 amide bonds. The lowest BCUT2D eigenvalue weighted by molar-refractivity contribution is 0.0990. The van der Waals surface area contributed by atoms with Gasteiger partial charge in [-0.1, -0.05) is 24.6 Å². The fourth-order valence-electron chi connectivity index (χ4n) is 2.11. The first kappa shape index (κ1) is 15.3. The molecular weight excluding hydrogens is 340 g/mol. The van der Waals surface area contributed by atoms with Crippen molar-refractivity contribution in [3.05, 3.63) is 50.2 Å². The molecule has 2 rings (SSSR count). The second kappa shape index (κ2) is 6.10. The molecule has 2 aromatic rings. The van der Waals surface area contributed by atoms with Crippen molar-refractivity contribution >= 4 is 33.3 Å². The highest BCUT2D eigenvalue weighted by Crippen LogP contribution is 2.25. The second-order valence-electron chi connectivity index (χ2n) is 4.77. The number of ketones is 1. The van der Waals surface area contributed by atoms with Gasteiger partial charge in [-0.05, 0) is 47.0 Å². The zero-order chi connectivity index (χ0) is 14.9. The summed E-state index contributed by atoms with van der Waals surface area (Å²) < 4.78 is 2.67. The van der Waals surface area contributed by atoms with E-state index in [0.717, 1.165) is 27.8 Å². The van der Waals surface area contributed by atoms with Gasteiger partial charge in [0.25, 0.3) is 0 Å². The fraction of sp³-hybridized carbons (Fsp3) is 0.333. The number of rotatable bonds is 4. The number of halogens is 2. The van der Waals surface area contributed by atoms with Crippen LogP contribution in [0.15, 0.2) is 22.7 Å². The molecule has 0 aliphatic heterocycles. The molecule has 0 aliphatic carbocycles. The normalized spacial score (nSPS) is 10.8. The van der Waals surface area contributed by atoms with Crippen LogP contribution in [0.2, 0.25) is 5.02 Å². The van der Waals surface area contributed by atoms with Gasteiger partial charge in [0.2, 0.25) is 0 Å². The molecule has 20 heavy (non-hydrogen) atoms. The van der Waals surface area contributed by atoms with E-state index in [-0.39, 0.29) is 12.2 Å². The van der Waals surface area contributed by atoms with Gasteiger partial charge in [-0.2, -0.15) is 5.10 Å². The van der Waals surface area contributed by atoms with E-state index >= 15 is 0 Å². The van der Waals surface area contributed by atoms with E-state index in [9.17, 15) is 4.79 Å². The molecule has 1 heterocycles. The first-order valence-corrected chi connectivity index (χ1v) is 7.60. The predicted molar refractivity (Wildman–Crippen MR) is 84.5 cm³/mol.